The average molecular weight is 258 g/mol. The molecule has 0 fully saturated rings. The molecule has 0 unspecified atom stereocenters. The quantitative estimate of drug-likeness (QED) is 0.829. The van der Waals surface area contributed by atoms with E-state index in [1.807, 2.05) is 29.3 Å². The first-order valence-corrected chi connectivity index (χ1v) is 5.43. The summed E-state index contributed by atoms with van der Waals surface area (Å²) in [5.74, 6) is -0.185. The predicted molar refractivity (Wildman–Crippen MR) is 60.4 cm³/mol. The van der Waals surface area contributed by atoms with Crippen LogP contribution in [0.25, 0.3) is 0 Å². The minimum atomic E-state index is -4.65. The van der Waals surface area contributed by atoms with Crippen LogP contribution in [-0.4, -0.2) is 30.0 Å². The standard InChI is InChI=1S/C12H13F3N2O/c1-16-6-3-7-17(16)9-10-4-2-5-11(8-10)18-12(13,14)15/h2-6,8H,7,9H2,1H3. The third kappa shape index (κ3) is 3.40. The van der Waals surface area contributed by atoms with E-state index >= 15 is 0 Å². The molecular weight excluding hydrogens is 245 g/mol. The second-order valence-corrected chi connectivity index (χ2v) is 4.00. The van der Waals surface area contributed by atoms with Gasteiger partial charge in [0.25, 0.3) is 0 Å². The van der Waals surface area contributed by atoms with Gasteiger partial charge in [0.05, 0.1) is 0 Å². The number of hydrogen-bond acceptors (Lipinski definition) is 3. The van der Waals surface area contributed by atoms with Crippen LogP contribution in [-0.2, 0) is 6.54 Å². The fourth-order valence-electron chi connectivity index (χ4n) is 1.77. The number of benzene rings is 1. The molecule has 0 N–H and O–H groups in total. The molecule has 1 aromatic carbocycles. The molecule has 1 heterocycles. The van der Waals surface area contributed by atoms with Gasteiger partial charge in [0.15, 0.2) is 0 Å². The van der Waals surface area contributed by atoms with Crippen molar-refractivity contribution in [3.8, 4) is 5.75 Å². The molecule has 18 heavy (non-hydrogen) atoms. The van der Waals surface area contributed by atoms with E-state index in [1.54, 1.807) is 12.1 Å². The molecule has 98 valence electrons. The number of alkyl halides is 3. The van der Waals surface area contributed by atoms with Crippen LogP contribution in [0.15, 0.2) is 36.5 Å². The molecular formula is C12H13F3N2O. The summed E-state index contributed by atoms with van der Waals surface area (Å²) >= 11 is 0. The Kier molecular flexibility index (Phi) is 3.47. The summed E-state index contributed by atoms with van der Waals surface area (Å²) in [4.78, 5) is 0. The van der Waals surface area contributed by atoms with E-state index in [9.17, 15) is 13.2 Å². The Morgan fingerprint density at radius 1 is 1.33 bits per heavy atom. The van der Waals surface area contributed by atoms with Gasteiger partial charge in [-0.05, 0) is 17.7 Å². The van der Waals surface area contributed by atoms with E-state index in [2.05, 4.69) is 4.74 Å². The van der Waals surface area contributed by atoms with Crippen LogP contribution in [0.3, 0.4) is 0 Å². The number of hydrazine groups is 1. The third-order valence-electron chi connectivity index (χ3n) is 2.58. The highest BCUT2D eigenvalue weighted by Gasteiger charge is 2.31. The summed E-state index contributed by atoms with van der Waals surface area (Å²) in [6, 6.07) is 6.03. The lowest BCUT2D eigenvalue weighted by Crippen LogP contribution is -2.31. The van der Waals surface area contributed by atoms with Crippen LogP contribution in [0, 0.1) is 0 Å². The summed E-state index contributed by atoms with van der Waals surface area (Å²) in [5, 5.41) is 3.89. The van der Waals surface area contributed by atoms with E-state index < -0.39 is 6.36 Å². The van der Waals surface area contributed by atoms with Gasteiger partial charge >= 0.3 is 6.36 Å². The zero-order chi connectivity index (χ0) is 13.2. The Morgan fingerprint density at radius 3 is 2.72 bits per heavy atom. The van der Waals surface area contributed by atoms with E-state index in [4.69, 9.17) is 0 Å². The predicted octanol–water partition coefficient (Wildman–Crippen LogP) is 2.76. The van der Waals surface area contributed by atoms with Gasteiger partial charge in [0.1, 0.15) is 5.75 Å². The maximum absolute atomic E-state index is 12.1. The maximum Gasteiger partial charge on any atom is 0.573 e. The van der Waals surface area contributed by atoms with Crippen LogP contribution in [0.5, 0.6) is 5.75 Å². The fraction of sp³-hybridized carbons (Fsp3) is 0.333. The van der Waals surface area contributed by atoms with Crippen molar-refractivity contribution in [2.75, 3.05) is 13.6 Å². The van der Waals surface area contributed by atoms with Gasteiger partial charge in [-0.25, -0.2) is 5.01 Å². The third-order valence-corrected chi connectivity index (χ3v) is 2.58. The van der Waals surface area contributed by atoms with Crippen molar-refractivity contribution in [3.05, 3.63) is 42.1 Å². The highest BCUT2D eigenvalue weighted by molar-refractivity contribution is 5.28. The zero-order valence-electron chi connectivity index (χ0n) is 9.81. The van der Waals surface area contributed by atoms with Gasteiger partial charge in [0, 0.05) is 26.3 Å². The lowest BCUT2D eigenvalue weighted by Gasteiger charge is -2.25. The fourth-order valence-corrected chi connectivity index (χ4v) is 1.77. The monoisotopic (exact) mass is 258 g/mol. The molecule has 1 aromatic rings. The number of ether oxygens (including phenoxy) is 1. The molecule has 0 aliphatic carbocycles. The maximum atomic E-state index is 12.1. The van der Waals surface area contributed by atoms with Crippen LogP contribution >= 0.6 is 0 Å². The van der Waals surface area contributed by atoms with Crippen molar-refractivity contribution in [1.29, 1.82) is 0 Å². The van der Waals surface area contributed by atoms with Crippen LogP contribution in [0.1, 0.15) is 5.56 Å². The molecule has 3 nitrogen and oxygen atoms in total. The van der Waals surface area contributed by atoms with Gasteiger partial charge in [-0.15, -0.1) is 13.2 Å². The smallest absolute Gasteiger partial charge is 0.406 e. The number of hydrogen-bond donors (Lipinski definition) is 0. The normalized spacial score (nSPS) is 16.3. The van der Waals surface area contributed by atoms with Crippen LogP contribution in [0.2, 0.25) is 0 Å². The first kappa shape index (κ1) is 12.8. The minimum absolute atomic E-state index is 0.185. The molecule has 0 saturated carbocycles. The molecule has 2 rings (SSSR count). The van der Waals surface area contributed by atoms with Crippen molar-refractivity contribution >= 4 is 0 Å². The summed E-state index contributed by atoms with van der Waals surface area (Å²) in [6.45, 7) is 1.29. The zero-order valence-corrected chi connectivity index (χ0v) is 9.81. The summed E-state index contributed by atoms with van der Waals surface area (Å²) in [6.07, 6.45) is -0.753. The van der Waals surface area contributed by atoms with Crippen molar-refractivity contribution < 1.29 is 17.9 Å². The van der Waals surface area contributed by atoms with E-state index in [-0.39, 0.29) is 5.75 Å². The van der Waals surface area contributed by atoms with E-state index in [0.29, 0.717) is 6.54 Å². The van der Waals surface area contributed by atoms with Gasteiger partial charge < -0.3 is 9.75 Å². The molecule has 0 atom stereocenters. The van der Waals surface area contributed by atoms with Crippen molar-refractivity contribution in [2.45, 2.75) is 12.9 Å². The van der Waals surface area contributed by atoms with Crippen LogP contribution < -0.4 is 4.74 Å². The molecule has 0 radical (unpaired) electrons. The van der Waals surface area contributed by atoms with Crippen LogP contribution in [0.4, 0.5) is 13.2 Å². The van der Waals surface area contributed by atoms with Gasteiger partial charge in [-0.1, -0.05) is 18.2 Å². The lowest BCUT2D eigenvalue weighted by atomic mass is 10.2. The van der Waals surface area contributed by atoms with Crippen molar-refractivity contribution in [3.63, 3.8) is 0 Å². The Balaban J connectivity index is 2.03. The number of nitrogens with zero attached hydrogens (tertiary/aromatic N) is 2. The van der Waals surface area contributed by atoms with Gasteiger partial charge in [-0.3, -0.25) is 0 Å². The molecule has 1 aliphatic rings. The van der Waals surface area contributed by atoms with Gasteiger partial charge in [-0.2, -0.15) is 0 Å². The SMILES string of the molecule is CN1C=CCN1Cc1cccc(OC(F)(F)F)c1. The van der Waals surface area contributed by atoms with E-state index in [1.165, 1.54) is 12.1 Å². The van der Waals surface area contributed by atoms with E-state index in [0.717, 1.165) is 12.1 Å². The first-order chi connectivity index (χ1) is 8.44. The Labute approximate surface area is 103 Å². The number of rotatable bonds is 3. The molecule has 0 saturated heterocycles. The average Bonchev–Trinajstić information content (AvgIpc) is 2.62. The molecule has 6 heteroatoms. The number of halogens is 3. The highest BCUT2D eigenvalue weighted by Crippen LogP contribution is 2.24. The summed E-state index contributed by atoms with van der Waals surface area (Å²) in [5.41, 5.74) is 0.771. The second kappa shape index (κ2) is 4.89. The highest BCUT2D eigenvalue weighted by atomic mass is 19.4. The molecule has 1 aliphatic heterocycles. The summed E-state index contributed by atoms with van der Waals surface area (Å²) in [7, 11) is 1.89. The topological polar surface area (TPSA) is 15.7 Å². The van der Waals surface area contributed by atoms with Crippen molar-refractivity contribution in [1.82, 2.24) is 10.0 Å². The van der Waals surface area contributed by atoms with Gasteiger partial charge in [0.2, 0.25) is 0 Å². The molecule has 0 spiro atoms. The first-order valence-electron chi connectivity index (χ1n) is 5.43. The molecule has 0 bridgehead atoms. The summed E-state index contributed by atoms with van der Waals surface area (Å²) < 4.78 is 40.2. The van der Waals surface area contributed by atoms with Crippen molar-refractivity contribution in [2.24, 2.45) is 0 Å². The molecule has 0 amide bonds. The Bertz CT molecular complexity index is 445. The largest absolute Gasteiger partial charge is 0.573 e. The second-order valence-electron chi connectivity index (χ2n) is 4.00. The minimum Gasteiger partial charge on any atom is -0.406 e. The Morgan fingerprint density at radius 2 is 2.11 bits per heavy atom. The Hall–Kier alpha value is -1.69. The molecule has 0 aromatic heterocycles. The lowest BCUT2D eigenvalue weighted by molar-refractivity contribution is -0.274.